The summed E-state index contributed by atoms with van der Waals surface area (Å²) in [5.74, 6) is 0.153. The molecule has 1 aliphatic carbocycles. The molecule has 0 aromatic carbocycles. The van der Waals surface area contributed by atoms with E-state index < -0.39 is 5.54 Å². The molecule has 2 fully saturated rings. The second-order valence-electron chi connectivity index (χ2n) is 5.42. The van der Waals surface area contributed by atoms with Gasteiger partial charge in [-0.1, -0.05) is 6.92 Å². The van der Waals surface area contributed by atoms with E-state index in [9.17, 15) is 14.4 Å². The zero-order valence-electron chi connectivity index (χ0n) is 11.0. The van der Waals surface area contributed by atoms with Crippen molar-refractivity contribution < 1.29 is 14.4 Å². The number of Topliss-reactive ketones (excluding diaryl/α,β-unsaturated/α-hetero) is 1. The molecule has 1 N–H and O–H groups in total. The van der Waals surface area contributed by atoms with Gasteiger partial charge >= 0.3 is 6.03 Å². The van der Waals surface area contributed by atoms with E-state index in [4.69, 9.17) is 0 Å². The third kappa shape index (κ3) is 2.13. The monoisotopic (exact) mass is 252 g/mol. The lowest BCUT2D eigenvalue weighted by molar-refractivity contribution is -0.131. The first-order valence-corrected chi connectivity index (χ1v) is 6.65. The highest BCUT2D eigenvalue weighted by molar-refractivity contribution is 6.06. The van der Waals surface area contributed by atoms with E-state index in [1.807, 2.05) is 6.92 Å². The van der Waals surface area contributed by atoms with Crippen LogP contribution in [0.25, 0.3) is 0 Å². The molecule has 3 amide bonds. The van der Waals surface area contributed by atoms with E-state index in [2.05, 4.69) is 5.32 Å². The first-order valence-electron chi connectivity index (χ1n) is 6.65. The van der Waals surface area contributed by atoms with E-state index in [0.717, 1.165) is 12.8 Å². The number of urea groups is 1. The Balaban J connectivity index is 1.95. The minimum absolute atomic E-state index is 0.0408. The van der Waals surface area contributed by atoms with Crippen LogP contribution in [0.4, 0.5) is 4.79 Å². The molecule has 2 rings (SSSR count). The van der Waals surface area contributed by atoms with E-state index in [1.54, 1.807) is 6.92 Å². The SMILES string of the molecule is CCC1(C)NC(=O)N(CCC2CCCC2=O)C1=O. The van der Waals surface area contributed by atoms with Crippen LogP contribution in [0.5, 0.6) is 0 Å². The number of hydrogen-bond acceptors (Lipinski definition) is 3. The minimum Gasteiger partial charge on any atom is -0.323 e. The number of nitrogens with one attached hydrogen (secondary N) is 1. The van der Waals surface area contributed by atoms with Crippen molar-refractivity contribution in [3.63, 3.8) is 0 Å². The van der Waals surface area contributed by atoms with E-state index in [0.29, 0.717) is 25.8 Å². The molecule has 2 aliphatic rings. The molecule has 2 unspecified atom stereocenters. The standard InChI is InChI=1S/C13H20N2O3/c1-3-13(2)11(17)15(12(18)14-13)8-7-9-5-4-6-10(9)16/h9H,3-8H2,1-2H3,(H,14,18). The highest BCUT2D eigenvalue weighted by Gasteiger charge is 2.46. The summed E-state index contributed by atoms with van der Waals surface area (Å²) in [6.45, 7) is 3.98. The number of carbonyl (C=O) groups excluding carboxylic acids is 3. The summed E-state index contributed by atoms with van der Waals surface area (Å²) in [4.78, 5) is 36.6. The average molecular weight is 252 g/mol. The fourth-order valence-corrected chi connectivity index (χ4v) is 2.67. The predicted octanol–water partition coefficient (Wildman–Crippen LogP) is 1.47. The molecule has 5 heteroatoms. The van der Waals surface area contributed by atoms with Gasteiger partial charge in [0, 0.05) is 18.9 Å². The number of carbonyl (C=O) groups is 3. The normalized spacial score (nSPS) is 32.2. The summed E-state index contributed by atoms with van der Waals surface area (Å²) in [5, 5.41) is 2.72. The van der Waals surface area contributed by atoms with E-state index in [1.165, 1.54) is 4.90 Å². The smallest absolute Gasteiger partial charge is 0.323 e. The average Bonchev–Trinajstić information content (AvgIpc) is 2.82. The predicted molar refractivity (Wildman–Crippen MR) is 65.9 cm³/mol. The summed E-state index contributed by atoms with van der Waals surface area (Å²) in [6.07, 6.45) is 3.68. The largest absolute Gasteiger partial charge is 0.325 e. The highest BCUT2D eigenvalue weighted by Crippen LogP contribution is 2.26. The maximum Gasteiger partial charge on any atom is 0.325 e. The van der Waals surface area contributed by atoms with Gasteiger partial charge in [-0.2, -0.15) is 0 Å². The molecule has 100 valence electrons. The second-order valence-corrected chi connectivity index (χ2v) is 5.42. The van der Waals surface area contributed by atoms with Crippen LogP contribution < -0.4 is 5.32 Å². The number of imide groups is 1. The van der Waals surface area contributed by atoms with Gasteiger partial charge in [-0.25, -0.2) is 4.79 Å². The van der Waals surface area contributed by atoms with Gasteiger partial charge in [0.25, 0.3) is 5.91 Å². The van der Waals surface area contributed by atoms with Crippen molar-refractivity contribution in [3.05, 3.63) is 0 Å². The highest BCUT2D eigenvalue weighted by atomic mass is 16.2. The Bertz CT molecular complexity index is 394. The van der Waals surface area contributed by atoms with Crippen LogP contribution in [-0.2, 0) is 9.59 Å². The van der Waals surface area contributed by atoms with Crippen molar-refractivity contribution in [2.24, 2.45) is 5.92 Å². The van der Waals surface area contributed by atoms with Crippen LogP contribution >= 0.6 is 0 Å². The van der Waals surface area contributed by atoms with Gasteiger partial charge in [0.1, 0.15) is 11.3 Å². The minimum atomic E-state index is -0.767. The molecule has 1 saturated heterocycles. The molecular formula is C13H20N2O3. The van der Waals surface area contributed by atoms with E-state index >= 15 is 0 Å². The number of hydrogen-bond donors (Lipinski definition) is 1. The van der Waals surface area contributed by atoms with Crippen molar-refractivity contribution in [2.45, 2.75) is 51.5 Å². The third-order valence-corrected chi connectivity index (χ3v) is 4.18. The summed E-state index contributed by atoms with van der Waals surface area (Å²) < 4.78 is 0. The third-order valence-electron chi connectivity index (χ3n) is 4.18. The zero-order valence-corrected chi connectivity index (χ0v) is 11.0. The molecule has 1 aliphatic heterocycles. The number of amides is 3. The van der Waals surface area contributed by atoms with E-state index in [-0.39, 0.29) is 23.6 Å². The lowest BCUT2D eigenvalue weighted by Gasteiger charge is -2.19. The molecule has 0 bridgehead atoms. The molecular weight excluding hydrogens is 232 g/mol. The van der Waals surface area contributed by atoms with Gasteiger partial charge < -0.3 is 5.32 Å². The Morgan fingerprint density at radius 2 is 2.11 bits per heavy atom. The van der Waals surface area contributed by atoms with Crippen molar-refractivity contribution in [1.82, 2.24) is 10.2 Å². The fourth-order valence-electron chi connectivity index (χ4n) is 2.67. The lowest BCUT2D eigenvalue weighted by Crippen LogP contribution is -2.43. The molecule has 5 nitrogen and oxygen atoms in total. The topological polar surface area (TPSA) is 66.5 Å². The Morgan fingerprint density at radius 3 is 2.61 bits per heavy atom. The summed E-state index contributed by atoms with van der Waals surface area (Å²) in [5.41, 5.74) is -0.767. The van der Waals surface area contributed by atoms with Crippen molar-refractivity contribution in [2.75, 3.05) is 6.54 Å². The van der Waals surface area contributed by atoms with Crippen molar-refractivity contribution in [3.8, 4) is 0 Å². The maximum absolute atomic E-state index is 12.1. The second kappa shape index (κ2) is 4.71. The number of ketones is 1. The molecule has 18 heavy (non-hydrogen) atoms. The van der Waals surface area contributed by atoms with Crippen LogP contribution in [0.2, 0.25) is 0 Å². The first-order chi connectivity index (χ1) is 8.48. The molecule has 0 aromatic heterocycles. The Hall–Kier alpha value is -1.39. The molecule has 2 atom stereocenters. The molecule has 0 spiro atoms. The molecule has 1 saturated carbocycles. The van der Waals surface area contributed by atoms with Crippen LogP contribution in [0, 0.1) is 5.92 Å². The summed E-state index contributed by atoms with van der Waals surface area (Å²) in [7, 11) is 0. The van der Waals surface area contributed by atoms with Gasteiger partial charge in [-0.15, -0.1) is 0 Å². The quantitative estimate of drug-likeness (QED) is 0.770. The van der Waals surface area contributed by atoms with Gasteiger partial charge in [-0.3, -0.25) is 14.5 Å². The lowest BCUT2D eigenvalue weighted by atomic mass is 9.99. The van der Waals surface area contributed by atoms with Gasteiger partial charge in [-0.05, 0) is 32.6 Å². The number of rotatable bonds is 4. The summed E-state index contributed by atoms with van der Waals surface area (Å²) in [6, 6.07) is -0.324. The zero-order chi connectivity index (χ0) is 13.3. The van der Waals surface area contributed by atoms with Gasteiger partial charge in [0.2, 0.25) is 0 Å². The van der Waals surface area contributed by atoms with Gasteiger partial charge in [0.05, 0.1) is 0 Å². The van der Waals surface area contributed by atoms with Gasteiger partial charge in [0.15, 0.2) is 0 Å². The molecule has 0 radical (unpaired) electrons. The molecule has 1 heterocycles. The maximum atomic E-state index is 12.1. The van der Waals surface area contributed by atoms with Crippen molar-refractivity contribution in [1.29, 1.82) is 0 Å². The number of nitrogens with zero attached hydrogens (tertiary/aromatic N) is 1. The van der Waals surface area contributed by atoms with Crippen LogP contribution in [0.15, 0.2) is 0 Å². The van der Waals surface area contributed by atoms with Crippen molar-refractivity contribution >= 4 is 17.7 Å². The van der Waals surface area contributed by atoms with Crippen LogP contribution in [0.3, 0.4) is 0 Å². The van der Waals surface area contributed by atoms with Crippen LogP contribution in [0.1, 0.15) is 46.0 Å². The summed E-state index contributed by atoms with van der Waals surface area (Å²) >= 11 is 0. The Morgan fingerprint density at radius 1 is 1.39 bits per heavy atom. The Labute approximate surface area is 107 Å². The molecule has 0 aromatic rings. The first kappa shape index (κ1) is 13.1. The van der Waals surface area contributed by atoms with Crippen LogP contribution in [-0.4, -0.2) is 34.7 Å². The fraction of sp³-hybridized carbons (Fsp3) is 0.769. The Kier molecular flexibility index (Phi) is 3.41.